The number of halogens is 1. The van der Waals surface area contributed by atoms with E-state index in [0.717, 1.165) is 39.0 Å². The minimum atomic E-state index is -0.196. The second kappa shape index (κ2) is 9.61. The molecule has 0 radical (unpaired) electrons. The lowest BCUT2D eigenvalue weighted by molar-refractivity contribution is 0.0763. The topological polar surface area (TPSA) is 70.7 Å². The van der Waals surface area contributed by atoms with Crippen LogP contribution in [-0.2, 0) is 0 Å². The number of benzene rings is 1. The second-order valence-electron chi connectivity index (χ2n) is 7.39. The summed E-state index contributed by atoms with van der Waals surface area (Å²) >= 11 is 1.33. The van der Waals surface area contributed by atoms with E-state index in [1.165, 1.54) is 11.3 Å². The van der Waals surface area contributed by atoms with Crippen molar-refractivity contribution in [1.29, 1.82) is 0 Å². The number of carbonyl (C=O) groups excluding carboxylic acids is 2. The number of amides is 2. The fourth-order valence-corrected chi connectivity index (χ4v) is 4.89. The maximum atomic E-state index is 12.9. The van der Waals surface area contributed by atoms with Crippen LogP contribution in [0.4, 0.5) is 5.00 Å². The fourth-order valence-electron chi connectivity index (χ4n) is 4.02. The predicted molar refractivity (Wildman–Crippen MR) is 118 cm³/mol. The van der Waals surface area contributed by atoms with E-state index in [1.807, 2.05) is 11.0 Å². The van der Waals surface area contributed by atoms with Gasteiger partial charge in [-0.15, -0.1) is 23.7 Å². The Labute approximate surface area is 181 Å². The molecule has 0 aliphatic carbocycles. The number of thiophene rings is 1. The molecule has 1 aromatic heterocycles. The minimum Gasteiger partial charge on any atom is -0.497 e. The van der Waals surface area contributed by atoms with Crippen LogP contribution in [0.2, 0.25) is 0 Å². The molecule has 3 heterocycles. The van der Waals surface area contributed by atoms with Crippen LogP contribution < -0.4 is 15.4 Å². The molecule has 2 aliphatic rings. The Kier molecular flexibility index (Phi) is 7.16. The lowest BCUT2D eigenvalue weighted by Gasteiger charge is -2.20. The van der Waals surface area contributed by atoms with Crippen LogP contribution in [0, 0.1) is 11.8 Å². The molecule has 4 rings (SSSR count). The lowest BCUT2D eigenvalue weighted by Crippen LogP contribution is -2.32. The van der Waals surface area contributed by atoms with E-state index in [-0.39, 0.29) is 24.2 Å². The Morgan fingerprint density at radius 1 is 1.07 bits per heavy atom. The number of nitrogens with one attached hydrogen (secondary N) is 2. The van der Waals surface area contributed by atoms with Gasteiger partial charge in [-0.25, -0.2) is 0 Å². The van der Waals surface area contributed by atoms with Crippen molar-refractivity contribution in [3.63, 3.8) is 0 Å². The number of methoxy groups -OCH3 is 1. The molecular weight excluding hydrogens is 410 g/mol. The monoisotopic (exact) mass is 435 g/mol. The third-order valence-electron chi connectivity index (χ3n) is 5.71. The number of hydrogen-bond donors (Lipinski definition) is 2. The quantitative estimate of drug-likeness (QED) is 0.771. The Bertz CT molecular complexity index is 841. The summed E-state index contributed by atoms with van der Waals surface area (Å²) in [5.41, 5.74) is 0.551. The molecule has 6 nitrogen and oxygen atoms in total. The van der Waals surface area contributed by atoms with Gasteiger partial charge in [0.2, 0.25) is 0 Å². The Balaban J connectivity index is 0.00000240. The fraction of sp³-hybridized carbons (Fsp3) is 0.429. The molecule has 0 saturated carbocycles. The van der Waals surface area contributed by atoms with Gasteiger partial charge in [0.15, 0.2) is 0 Å². The lowest BCUT2D eigenvalue weighted by atomic mass is 9.92. The zero-order valence-corrected chi connectivity index (χ0v) is 18.0. The zero-order chi connectivity index (χ0) is 19.5. The molecular formula is C21H26ClN3O3S. The van der Waals surface area contributed by atoms with E-state index < -0.39 is 0 Å². The van der Waals surface area contributed by atoms with Crippen molar-refractivity contribution < 1.29 is 14.3 Å². The summed E-state index contributed by atoms with van der Waals surface area (Å²) in [6.45, 7) is 3.78. The van der Waals surface area contributed by atoms with E-state index in [4.69, 9.17) is 4.74 Å². The normalized spacial score (nSPS) is 20.9. The van der Waals surface area contributed by atoms with Crippen LogP contribution in [0.5, 0.6) is 5.75 Å². The van der Waals surface area contributed by atoms with Crippen molar-refractivity contribution in [2.24, 2.45) is 11.8 Å². The number of nitrogens with zero attached hydrogens (tertiary/aromatic N) is 1. The van der Waals surface area contributed by atoms with Gasteiger partial charge in [0.1, 0.15) is 5.75 Å². The highest BCUT2D eigenvalue weighted by atomic mass is 35.5. The first-order valence-corrected chi connectivity index (χ1v) is 10.5. The van der Waals surface area contributed by atoms with Gasteiger partial charge in [-0.3, -0.25) is 9.59 Å². The summed E-state index contributed by atoms with van der Waals surface area (Å²) in [5, 5.41) is 7.02. The van der Waals surface area contributed by atoms with Crippen LogP contribution in [0.15, 0.2) is 36.4 Å². The third kappa shape index (κ3) is 4.91. The Morgan fingerprint density at radius 2 is 1.72 bits per heavy atom. The largest absolute Gasteiger partial charge is 0.497 e. The smallest absolute Gasteiger partial charge is 0.263 e. The van der Waals surface area contributed by atoms with Gasteiger partial charge in [-0.2, -0.15) is 0 Å². The number of anilines is 1. The van der Waals surface area contributed by atoms with Crippen molar-refractivity contribution in [1.82, 2.24) is 10.2 Å². The van der Waals surface area contributed by atoms with Crippen molar-refractivity contribution in [2.45, 2.75) is 12.8 Å². The van der Waals surface area contributed by atoms with E-state index in [1.54, 1.807) is 37.4 Å². The number of likely N-dealkylation sites (tertiary alicyclic amines) is 1. The van der Waals surface area contributed by atoms with E-state index in [9.17, 15) is 9.59 Å². The molecule has 0 spiro atoms. The molecule has 2 aromatic rings. The van der Waals surface area contributed by atoms with Crippen LogP contribution in [0.1, 0.15) is 32.9 Å². The Hall–Kier alpha value is -2.09. The zero-order valence-electron chi connectivity index (χ0n) is 16.3. The molecule has 2 saturated heterocycles. The number of fused-ring (bicyclic) bond motifs is 1. The van der Waals surface area contributed by atoms with Crippen LogP contribution in [0.25, 0.3) is 0 Å². The van der Waals surface area contributed by atoms with Crippen LogP contribution >= 0.6 is 23.7 Å². The number of ether oxygens (including phenoxy) is 1. The summed E-state index contributed by atoms with van der Waals surface area (Å²) in [4.78, 5) is 28.0. The van der Waals surface area contributed by atoms with E-state index >= 15 is 0 Å². The molecule has 2 atom stereocenters. The summed E-state index contributed by atoms with van der Waals surface area (Å²) in [7, 11) is 1.59. The number of rotatable bonds is 4. The highest BCUT2D eigenvalue weighted by molar-refractivity contribution is 7.18. The van der Waals surface area contributed by atoms with Gasteiger partial charge in [0.05, 0.1) is 17.0 Å². The van der Waals surface area contributed by atoms with Gasteiger partial charge in [0.25, 0.3) is 11.8 Å². The molecule has 2 fully saturated rings. The average Bonchev–Trinajstić information content (AvgIpc) is 3.33. The first kappa shape index (κ1) is 21.6. The molecule has 1 aromatic carbocycles. The first-order chi connectivity index (χ1) is 13.6. The average molecular weight is 436 g/mol. The summed E-state index contributed by atoms with van der Waals surface area (Å²) in [5.74, 6) is 1.97. The van der Waals surface area contributed by atoms with Gasteiger partial charge in [0, 0.05) is 18.7 Å². The number of carbonyl (C=O) groups is 2. The SMILES string of the molecule is COc1ccc(C(=O)Nc2ccc(C(=O)N3CC[C@@H]4CNC[C@@H]4CC3)s2)cc1.Cl. The van der Waals surface area contributed by atoms with Gasteiger partial charge < -0.3 is 20.3 Å². The predicted octanol–water partition coefficient (Wildman–Crippen LogP) is 3.50. The van der Waals surface area contributed by atoms with E-state index in [0.29, 0.717) is 33.0 Å². The second-order valence-corrected chi connectivity index (χ2v) is 8.48. The molecule has 2 N–H and O–H groups in total. The van der Waals surface area contributed by atoms with Gasteiger partial charge >= 0.3 is 0 Å². The molecule has 8 heteroatoms. The highest BCUT2D eigenvalue weighted by Crippen LogP contribution is 2.29. The molecule has 2 aliphatic heterocycles. The Morgan fingerprint density at radius 3 is 2.34 bits per heavy atom. The first-order valence-electron chi connectivity index (χ1n) is 9.69. The van der Waals surface area contributed by atoms with Crippen molar-refractivity contribution >= 4 is 40.6 Å². The standard InChI is InChI=1S/C21H25N3O3S.ClH/c1-27-17-4-2-14(3-5-17)20(25)23-19-7-6-18(28-19)21(26)24-10-8-15-12-22-13-16(15)9-11-24;/h2-7,15-16,22H,8-13H2,1H3,(H,23,25);1H/t15-,16+;. The van der Waals surface area contributed by atoms with Crippen molar-refractivity contribution in [3.05, 3.63) is 46.8 Å². The van der Waals surface area contributed by atoms with Crippen molar-refractivity contribution in [2.75, 3.05) is 38.6 Å². The summed E-state index contributed by atoms with van der Waals surface area (Å²) in [6, 6.07) is 10.6. The summed E-state index contributed by atoms with van der Waals surface area (Å²) in [6.07, 6.45) is 2.13. The molecule has 0 bridgehead atoms. The van der Waals surface area contributed by atoms with E-state index in [2.05, 4.69) is 10.6 Å². The highest BCUT2D eigenvalue weighted by Gasteiger charge is 2.32. The van der Waals surface area contributed by atoms with Gasteiger partial charge in [-0.05, 0) is 74.2 Å². The molecule has 156 valence electrons. The summed E-state index contributed by atoms with van der Waals surface area (Å²) < 4.78 is 5.11. The maximum Gasteiger partial charge on any atom is 0.263 e. The molecule has 0 unspecified atom stereocenters. The third-order valence-corrected chi connectivity index (χ3v) is 6.70. The number of hydrogen-bond acceptors (Lipinski definition) is 5. The van der Waals surface area contributed by atoms with Crippen LogP contribution in [0.3, 0.4) is 0 Å². The van der Waals surface area contributed by atoms with Crippen LogP contribution in [-0.4, -0.2) is 50.0 Å². The van der Waals surface area contributed by atoms with Crippen molar-refractivity contribution in [3.8, 4) is 5.75 Å². The molecule has 2 amide bonds. The maximum absolute atomic E-state index is 12.9. The molecule has 29 heavy (non-hydrogen) atoms. The minimum absolute atomic E-state index is 0. The van der Waals surface area contributed by atoms with Gasteiger partial charge in [-0.1, -0.05) is 0 Å².